The van der Waals surface area contributed by atoms with Gasteiger partial charge in [-0.15, -0.1) is 0 Å². The molecular formula is C10H13N3O. The topological polar surface area (TPSA) is 71.9 Å². The Morgan fingerprint density at radius 1 is 1.64 bits per heavy atom. The predicted molar refractivity (Wildman–Crippen MR) is 52.7 cm³/mol. The van der Waals surface area contributed by atoms with Crippen molar-refractivity contribution in [2.24, 2.45) is 5.73 Å². The SMILES string of the molecule is CC(C#N)Oc1ccc(CCN)nc1. The van der Waals surface area contributed by atoms with Crippen molar-refractivity contribution >= 4 is 0 Å². The zero-order chi connectivity index (χ0) is 10.4. The second kappa shape index (κ2) is 5.20. The van der Waals surface area contributed by atoms with E-state index in [-0.39, 0.29) is 0 Å². The highest BCUT2D eigenvalue weighted by Crippen LogP contribution is 2.10. The Kier molecular flexibility index (Phi) is 3.89. The van der Waals surface area contributed by atoms with Crippen molar-refractivity contribution in [1.29, 1.82) is 5.26 Å². The van der Waals surface area contributed by atoms with Crippen LogP contribution < -0.4 is 10.5 Å². The van der Waals surface area contributed by atoms with Gasteiger partial charge in [0, 0.05) is 12.1 Å². The average Bonchev–Trinajstić information content (AvgIpc) is 2.21. The summed E-state index contributed by atoms with van der Waals surface area (Å²) in [5.41, 5.74) is 6.32. The predicted octanol–water partition coefficient (Wildman–Crippen LogP) is 0.874. The fraction of sp³-hybridized carbons (Fsp3) is 0.400. The van der Waals surface area contributed by atoms with Crippen LogP contribution in [0.1, 0.15) is 12.6 Å². The molecule has 0 saturated carbocycles. The number of hydrogen-bond donors (Lipinski definition) is 1. The van der Waals surface area contributed by atoms with Crippen LogP contribution in [0.2, 0.25) is 0 Å². The maximum Gasteiger partial charge on any atom is 0.181 e. The maximum atomic E-state index is 8.52. The molecule has 0 radical (unpaired) electrons. The largest absolute Gasteiger partial charge is 0.474 e. The smallest absolute Gasteiger partial charge is 0.181 e. The number of nitrogens with two attached hydrogens (primary N) is 1. The summed E-state index contributed by atoms with van der Waals surface area (Å²) in [5.74, 6) is 0.611. The van der Waals surface area contributed by atoms with Crippen LogP contribution in [0.5, 0.6) is 5.75 Å². The van der Waals surface area contributed by atoms with E-state index in [1.165, 1.54) is 0 Å². The lowest BCUT2D eigenvalue weighted by Crippen LogP contribution is -2.09. The number of hydrogen-bond acceptors (Lipinski definition) is 4. The van der Waals surface area contributed by atoms with Gasteiger partial charge in [-0.1, -0.05) is 0 Å². The minimum atomic E-state index is -0.447. The van der Waals surface area contributed by atoms with E-state index in [1.807, 2.05) is 12.1 Å². The lowest BCUT2D eigenvalue weighted by molar-refractivity contribution is 0.275. The van der Waals surface area contributed by atoms with Crippen LogP contribution in [0.3, 0.4) is 0 Å². The monoisotopic (exact) mass is 191 g/mol. The van der Waals surface area contributed by atoms with Crippen LogP contribution in [-0.2, 0) is 6.42 Å². The van der Waals surface area contributed by atoms with Gasteiger partial charge in [-0.25, -0.2) is 0 Å². The van der Waals surface area contributed by atoms with Gasteiger partial charge in [0.2, 0.25) is 0 Å². The molecule has 0 aliphatic rings. The van der Waals surface area contributed by atoms with Gasteiger partial charge >= 0.3 is 0 Å². The van der Waals surface area contributed by atoms with Crippen molar-refractivity contribution in [1.82, 2.24) is 4.98 Å². The Balaban J connectivity index is 2.60. The normalized spacial score (nSPS) is 11.8. The molecule has 1 rings (SSSR count). The van der Waals surface area contributed by atoms with Crippen LogP contribution in [0.25, 0.3) is 0 Å². The Hall–Kier alpha value is -1.60. The van der Waals surface area contributed by atoms with E-state index in [9.17, 15) is 0 Å². The van der Waals surface area contributed by atoms with Crippen LogP contribution in [0, 0.1) is 11.3 Å². The molecule has 4 nitrogen and oxygen atoms in total. The van der Waals surface area contributed by atoms with Gasteiger partial charge in [-0.05, 0) is 25.6 Å². The second-order valence-corrected chi connectivity index (χ2v) is 2.91. The number of nitriles is 1. The molecule has 0 bridgehead atoms. The molecule has 0 amide bonds. The first kappa shape index (κ1) is 10.5. The highest BCUT2D eigenvalue weighted by atomic mass is 16.5. The quantitative estimate of drug-likeness (QED) is 0.766. The molecule has 4 heteroatoms. The van der Waals surface area contributed by atoms with Crippen LogP contribution in [0.15, 0.2) is 18.3 Å². The van der Waals surface area contributed by atoms with Crippen molar-refractivity contribution in [3.63, 3.8) is 0 Å². The van der Waals surface area contributed by atoms with Crippen LogP contribution in [0.4, 0.5) is 0 Å². The molecule has 0 spiro atoms. The van der Waals surface area contributed by atoms with Crippen molar-refractivity contribution in [3.8, 4) is 11.8 Å². The minimum absolute atomic E-state index is 0.447. The summed E-state index contributed by atoms with van der Waals surface area (Å²) in [6.45, 7) is 2.27. The summed E-state index contributed by atoms with van der Waals surface area (Å²) in [5, 5.41) is 8.52. The molecule has 1 atom stereocenters. The fourth-order valence-electron chi connectivity index (χ4n) is 1.01. The first-order valence-electron chi connectivity index (χ1n) is 4.47. The van der Waals surface area contributed by atoms with E-state index < -0.39 is 6.10 Å². The molecule has 1 aromatic heterocycles. The lowest BCUT2D eigenvalue weighted by Gasteiger charge is -2.07. The number of rotatable bonds is 4. The van der Waals surface area contributed by atoms with E-state index in [2.05, 4.69) is 4.98 Å². The summed E-state index contributed by atoms with van der Waals surface area (Å²) in [6.07, 6.45) is 1.92. The van der Waals surface area contributed by atoms with Gasteiger partial charge < -0.3 is 10.5 Å². The molecule has 1 aromatic rings. The molecule has 14 heavy (non-hydrogen) atoms. The molecule has 0 saturated heterocycles. The Bertz CT molecular complexity index is 315. The highest BCUT2D eigenvalue weighted by Gasteiger charge is 2.01. The van der Waals surface area contributed by atoms with Gasteiger partial charge in [0.05, 0.1) is 6.20 Å². The van der Waals surface area contributed by atoms with E-state index >= 15 is 0 Å². The number of pyridine rings is 1. The highest BCUT2D eigenvalue weighted by molar-refractivity contribution is 5.20. The number of ether oxygens (including phenoxy) is 1. The first-order valence-corrected chi connectivity index (χ1v) is 4.47. The molecule has 74 valence electrons. The van der Waals surface area contributed by atoms with Crippen LogP contribution in [-0.4, -0.2) is 17.6 Å². The number of nitrogens with zero attached hydrogens (tertiary/aromatic N) is 2. The van der Waals surface area contributed by atoms with Crippen molar-refractivity contribution < 1.29 is 4.74 Å². The van der Waals surface area contributed by atoms with Crippen molar-refractivity contribution in [3.05, 3.63) is 24.0 Å². The summed E-state index contributed by atoms with van der Waals surface area (Å²) in [7, 11) is 0. The summed E-state index contributed by atoms with van der Waals surface area (Å²) >= 11 is 0. The molecule has 1 unspecified atom stereocenters. The van der Waals surface area contributed by atoms with E-state index in [4.69, 9.17) is 15.7 Å². The van der Waals surface area contributed by atoms with Crippen molar-refractivity contribution in [2.45, 2.75) is 19.4 Å². The molecule has 0 aliphatic heterocycles. The molecule has 0 aromatic carbocycles. The lowest BCUT2D eigenvalue weighted by atomic mass is 10.3. The Morgan fingerprint density at radius 2 is 2.43 bits per heavy atom. The first-order chi connectivity index (χ1) is 6.76. The Morgan fingerprint density at radius 3 is 2.93 bits per heavy atom. The third kappa shape index (κ3) is 3.04. The summed E-state index contributed by atoms with van der Waals surface area (Å²) in [4.78, 5) is 4.14. The zero-order valence-corrected chi connectivity index (χ0v) is 8.10. The molecule has 0 fully saturated rings. The standard InChI is InChI=1S/C10H13N3O/c1-8(6-12)14-10-3-2-9(4-5-11)13-7-10/h2-3,7-8H,4-5,11H2,1H3. The minimum Gasteiger partial charge on any atom is -0.474 e. The molecule has 0 aliphatic carbocycles. The average molecular weight is 191 g/mol. The van der Waals surface area contributed by atoms with Crippen LogP contribution >= 0.6 is 0 Å². The van der Waals surface area contributed by atoms with Gasteiger partial charge in [-0.2, -0.15) is 5.26 Å². The maximum absolute atomic E-state index is 8.52. The second-order valence-electron chi connectivity index (χ2n) is 2.91. The third-order valence-electron chi connectivity index (χ3n) is 1.69. The third-order valence-corrected chi connectivity index (χ3v) is 1.69. The molecule has 1 heterocycles. The van der Waals surface area contributed by atoms with Crippen molar-refractivity contribution in [2.75, 3.05) is 6.54 Å². The summed E-state index contributed by atoms with van der Waals surface area (Å²) < 4.78 is 5.24. The Labute approximate surface area is 83.3 Å². The van der Waals surface area contributed by atoms with Gasteiger partial charge in [-0.3, -0.25) is 4.98 Å². The fourth-order valence-corrected chi connectivity index (χ4v) is 1.01. The summed E-state index contributed by atoms with van der Waals surface area (Å²) in [6, 6.07) is 5.63. The van der Waals surface area contributed by atoms with E-state index in [1.54, 1.807) is 19.2 Å². The van der Waals surface area contributed by atoms with Gasteiger partial charge in [0.25, 0.3) is 0 Å². The number of aromatic nitrogens is 1. The van der Waals surface area contributed by atoms with Gasteiger partial charge in [0.1, 0.15) is 11.8 Å². The molecule has 2 N–H and O–H groups in total. The zero-order valence-electron chi connectivity index (χ0n) is 8.10. The molecular weight excluding hydrogens is 178 g/mol. The van der Waals surface area contributed by atoms with E-state index in [0.29, 0.717) is 12.3 Å². The van der Waals surface area contributed by atoms with Gasteiger partial charge in [0.15, 0.2) is 6.10 Å². The van der Waals surface area contributed by atoms with E-state index in [0.717, 1.165) is 12.1 Å².